The van der Waals surface area contributed by atoms with Crippen LogP contribution in [0.3, 0.4) is 0 Å². The van der Waals surface area contributed by atoms with Crippen LogP contribution in [0.2, 0.25) is 0 Å². The second-order valence-electron chi connectivity index (χ2n) is 4.72. The lowest BCUT2D eigenvalue weighted by molar-refractivity contribution is 1.10. The third-order valence-electron chi connectivity index (χ3n) is 3.27. The highest BCUT2D eigenvalue weighted by molar-refractivity contribution is 5.76. The predicted octanol–water partition coefficient (Wildman–Crippen LogP) is 4.99. The van der Waals surface area contributed by atoms with Gasteiger partial charge in [-0.15, -0.1) is 0 Å². The van der Waals surface area contributed by atoms with Crippen molar-refractivity contribution in [2.45, 2.75) is 20.3 Å². The molecular formula is C18H19N. The maximum atomic E-state index is 4.30. The molecule has 0 aliphatic carbocycles. The van der Waals surface area contributed by atoms with E-state index < -0.39 is 0 Å². The molecule has 1 nitrogen and oxygen atoms in total. The molecule has 0 spiro atoms. The molecule has 1 heterocycles. The lowest BCUT2D eigenvalue weighted by Crippen LogP contribution is -1.89. The number of pyridine rings is 1. The molecule has 1 aromatic heterocycles. The average molecular weight is 249 g/mol. The quantitative estimate of drug-likeness (QED) is 0.744. The van der Waals surface area contributed by atoms with Crippen LogP contribution in [-0.4, -0.2) is 4.98 Å². The molecule has 0 atom stereocenters. The summed E-state index contributed by atoms with van der Waals surface area (Å²) in [5, 5.41) is 0. The summed E-state index contributed by atoms with van der Waals surface area (Å²) in [6.45, 7) is 12.0. The Morgan fingerprint density at radius 1 is 1.21 bits per heavy atom. The van der Waals surface area contributed by atoms with Gasteiger partial charge in [-0.3, -0.25) is 4.98 Å². The molecule has 96 valence electrons. The molecule has 0 saturated heterocycles. The number of hydrogen-bond donors (Lipinski definition) is 0. The van der Waals surface area contributed by atoms with Gasteiger partial charge in [0.2, 0.25) is 0 Å². The van der Waals surface area contributed by atoms with Gasteiger partial charge in [0, 0.05) is 18.0 Å². The molecule has 0 unspecified atom stereocenters. The van der Waals surface area contributed by atoms with Crippen molar-refractivity contribution in [2.75, 3.05) is 0 Å². The Hall–Kier alpha value is -2.15. The number of nitrogens with zero attached hydrogens (tertiary/aromatic N) is 1. The van der Waals surface area contributed by atoms with Gasteiger partial charge in [0.15, 0.2) is 0 Å². The van der Waals surface area contributed by atoms with Crippen molar-refractivity contribution in [1.82, 2.24) is 4.98 Å². The number of rotatable bonds is 4. The summed E-state index contributed by atoms with van der Waals surface area (Å²) in [4.78, 5) is 4.30. The van der Waals surface area contributed by atoms with Crippen LogP contribution < -0.4 is 0 Å². The Morgan fingerprint density at radius 3 is 2.63 bits per heavy atom. The van der Waals surface area contributed by atoms with Gasteiger partial charge in [0.25, 0.3) is 0 Å². The summed E-state index contributed by atoms with van der Waals surface area (Å²) in [7, 11) is 0. The van der Waals surface area contributed by atoms with Crippen molar-refractivity contribution in [2.24, 2.45) is 0 Å². The smallest absolute Gasteiger partial charge is 0.0346 e. The van der Waals surface area contributed by atoms with E-state index in [1.54, 1.807) is 0 Å². The van der Waals surface area contributed by atoms with Crippen LogP contribution in [0.1, 0.15) is 30.5 Å². The SMILES string of the molecule is C=Cc1cc(-c2cncc(CC)c2)ccc1C(=C)C. The van der Waals surface area contributed by atoms with E-state index in [-0.39, 0.29) is 0 Å². The monoisotopic (exact) mass is 249 g/mol. The number of hydrogen-bond acceptors (Lipinski definition) is 1. The highest BCUT2D eigenvalue weighted by Gasteiger charge is 2.04. The Kier molecular flexibility index (Phi) is 3.96. The summed E-state index contributed by atoms with van der Waals surface area (Å²) in [5.74, 6) is 0. The summed E-state index contributed by atoms with van der Waals surface area (Å²) in [5.41, 5.74) is 6.90. The van der Waals surface area contributed by atoms with Gasteiger partial charge < -0.3 is 0 Å². The highest BCUT2D eigenvalue weighted by Crippen LogP contribution is 2.26. The fraction of sp³-hybridized carbons (Fsp3) is 0.167. The van der Waals surface area contributed by atoms with Crippen LogP contribution in [0.15, 0.2) is 49.8 Å². The third-order valence-corrected chi connectivity index (χ3v) is 3.27. The molecule has 19 heavy (non-hydrogen) atoms. The van der Waals surface area contributed by atoms with Gasteiger partial charge in [0.1, 0.15) is 0 Å². The molecule has 0 aliphatic heterocycles. The van der Waals surface area contributed by atoms with Crippen molar-refractivity contribution in [3.05, 3.63) is 66.5 Å². The number of allylic oxidation sites excluding steroid dienone is 1. The molecular weight excluding hydrogens is 230 g/mol. The topological polar surface area (TPSA) is 12.9 Å². The van der Waals surface area contributed by atoms with E-state index in [9.17, 15) is 0 Å². The van der Waals surface area contributed by atoms with Crippen molar-refractivity contribution >= 4 is 11.6 Å². The van der Waals surface area contributed by atoms with Crippen LogP contribution in [-0.2, 0) is 6.42 Å². The Labute approximate surface area is 115 Å². The zero-order valence-corrected chi connectivity index (χ0v) is 11.6. The molecule has 0 radical (unpaired) electrons. The third kappa shape index (κ3) is 2.82. The Morgan fingerprint density at radius 2 is 2.00 bits per heavy atom. The minimum atomic E-state index is 0.999. The first-order chi connectivity index (χ1) is 9.15. The van der Waals surface area contributed by atoms with E-state index in [1.165, 1.54) is 11.1 Å². The molecule has 2 rings (SSSR count). The predicted molar refractivity (Wildman–Crippen MR) is 83.9 cm³/mol. The van der Waals surface area contributed by atoms with Gasteiger partial charge >= 0.3 is 0 Å². The fourth-order valence-corrected chi connectivity index (χ4v) is 2.14. The molecule has 2 aromatic rings. The molecule has 0 aliphatic rings. The Balaban J connectivity index is 2.51. The van der Waals surface area contributed by atoms with E-state index in [4.69, 9.17) is 0 Å². The lowest BCUT2D eigenvalue weighted by atomic mass is 9.96. The van der Waals surface area contributed by atoms with Crippen molar-refractivity contribution in [3.8, 4) is 11.1 Å². The number of benzene rings is 1. The first-order valence-electron chi connectivity index (χ1n) is 6.52. The molecule has 0 saturated carbocycles. The van der Waals surface area contributed by atoms with Gasteiger partial charge in [-0.1, -0.05) is 43.9 Å². The van der Waals surface area contributed by atoms with Gasteiger partial charge in [-0.25, -0.2) is 0 Å². The minimum absolute atomic E-state index is 0.999. The van der Waals surface area contributed by atoms with E-state index in [0.29, 0.717) is 0 Å². The highest BCUT2D eigenvalue weighted by atomic mass is 14.6. The zero-order chi connectivity index (χ0) is 13.8. The molecule has 1 aromatic carbocycles. The van der Waals surface area contributed by atoms with E-state index >= 15 is 0 Å². The van der Waals surface area contributed by atoms with Gasteiger partial charge in [-0.2, -0.15) is 0 Å². The number of aryl methyl sites for hydroxylation is 1. The molecule has 0 N–H and O–H groups in total. The number of aromatic nitrogens is 1. The van der Waals surface area contributed by atoms with Gasteiger partial charge in [-0.05, 0) is 47.7 Å². The van der Waals surface area contributed by atoms with Gasteiger partial charge in [0.05, 0.1) is 0 Å². The normalized spacial score (nSPS) is 10.2. The molecule has 0 fully saturated rings. The maximum Gasteiger partial charge on any atom is 0.0346 e. The van der Waals surface area contributed by atoms with Crippen LogP contribution in [0, 0.1) is 0 Å². The first kappa shape index (κ1) is 13.3. The second kappa shape index (κ2) is 5.66. The summed E-state index contributed by atoms with van der Waals surface area (Å²) < 4.78 is 0. The summed E-state index contributed by atoms with van der Waals surface area (Å²) in [6, 6.07) is 8.56. The van der Waals surface area contributed by atoms with E-state index in [0.717, 1.165) is 28.7 Å². The average Bonchev–Trinajstić information content (AvgIpc) is 2.46. The van der Waals surface area contributed by atoms with Crippen molar-refractivity contribution < 1.29 is 0 Å². The van der Waals surface area contributed by atoms with Crippen molar-refractivity contribution in [3.63, 3.8) is 0 Å². The Bertz CT molecular complexity index is 623. The molecule has 1 heteroatoms. The molecule has 0 bridgehead atoms. The zero-order valence-electron chi connectivity index (χ0n) is 11.6. The molecule has 0 amide bonds. The minimum Gasteiger partial charge on any atom is -0.264 e. The van der Waals surface area contributed by atoms with Crippen LogP contribution in [0.5, 0.6) is 0 Å². The van der Waals surface area contributed by atoms with Crippen LogP contribution >= 0.6 is 0 Å². The van der Waals surface area contributed by atoms with Crippen LogP contribution in [0.4, 0.5) is 0 Å². The maximum absolute atomic E-state index is 4.30. The first-order valence-corrected chi connectivity index (χ1v) is 6.52. The lowest BCUT2D eigenvalue weighted by Gasteiger charge is -2.09. The summed E-state index contributed by atoms with van der Waals surface area (Å²) in [6.07, 6.45) is 6.70. The fourth-order valence-electron chi connectivity index (χ4n) is 2.14. The van der Waals surface area contributed by atoms with Crippen LogP contribution in [0.25, 0.3) is 22.8 Å². The van der Waals surface area contributed by atoms with Crippen molar-refractivity contribution in [1.29, 1.82) is 0 Å². The standard InChI is InChI=1S/C18H19N/c1-5-14-9-17(12-19-11-14)16-7-8-18(13(3)4)15(6-2)10-16/h6-12H,2-3,5H2,1,4H3. The van der Waals surface area contributed by atoms with E-state index in [2.05, 4.69) is 49.3 Å². The largest absolute Gasteiger partial charge is 0.264 e. The summed E-state index contributed by atoms with van der Waals surface area (Å²) >= 11 is 0. The second-order valence-corrected chi connectivity index (χ2v) is 4.72. The van der Waals surface area contributed by atoms with E-state index in [1.807, 2.05) is 25.4 Å².